The number of carbonyl (C=O) groups is 1. The summed E-state index contributed by atoms with van der Waals surface area (Å²) in [6.07, 6.45) is -1.57. The normalized spacial score (nSPS) is 15.1. The smallest absolute Gasteiger partial charge is 0.307 e. The summed E-state index contributed by atoms with van der Waals surface area (Å²) in [6.45, 7) is 1.68. The average molecular weight is 192 g/mol. The van der Waals surface area contributed by atoms with E-state index < -0.39 is 12.2 Å². The Morgan fingerprint density at radius 3 is 2.54 bits per heavy atom. The van der Waals surface area contributed by atoms with Gasteiger partial charge in [-0.15, -0.1) is 0 Å². The van der Waals surface area contributed by atoms with Gasteiger partial charge < -0.3 is 19.7 Å². The van der Waals surface area contributed by atoms with Crippen LogP contribution in [0.2, 0.25) is 0 Å². The molecule has 0 aliphatic carbocycles. The van der Waals surface area contributed by atoms with E-state index in [2.05, 4.69) is 4.74 Å². The van der Waals surface area contributed by atoms with Gasteiger partial charge in [-0.3, -0.25) is 4.79 Å². The van der Waals surface area contributed by atoms with Crippen LogP contribution in [0, 0.1) is 0 Å². The van der Waals surface area contributed by atoms with Crippen LogP contribution in [0.25, 0.3) is 0 Å². The molecular formula is C8H16O5. The molecular weight excluding hydrogens is 176 g/mol. The van der Waals surface area contributed by atoms with E-state index in [9.17, 15) is 4.79 Å². The Morgan fingerprint density at radius 2 is 2.08 bits per heavy atom. The quantitative estimate of drug-likeness (QED) is 0.430. The van der Waals surface area contributed by atoms with Gasteiger partial charge in [-0.25, -0.2) is 0 Å². The molecule has 0 amide bonds. The molecule has 13 heavy (non-hydrogen) atoms. The third-order valence-corrected chi connectivity index (χ3v) is 1.52. The zero-order valence-corrected chi connectivity index (χ0v) is 7.90. The van der Waals surface area contributed by atoms with Crippen LogP contribution in [-0.2, 0) is 14.3 Å². The Hall–Kier alpha value is -0.650. The van der Waals surface area contributed by atoms with Crippen molar-refractivity contribution in [1.29, 1.82) is 0 Å². The van der Waals surface area contributed by atoms with E-state index in [-0.39, 0.29) is 25.6 Å². The van der Waals surface area contributed by atoms with Crippen molar-refractivity contribution < 1.29 is 24.5 Å². The topological polar surface area (TPSA) is 76.0 Å². The standard InChI is InChI=1S/C8H16O5/c1-6(9)7(10)5-13-4-3-8(11)12-2/h6-7,9-10H,3-5H2,1-2H3/t6-,7?/m1/s1. The Bertz CT molecular complexity index is 145. The number of ether oxygens (including phenoxy) is 2. The Kier molecular flexibility index (Phi) is 6.48. The van der Waals surface area contributed by atoms with Crippen molar-refractivity contribution in [2.75, 3.05) is 20.3 Å². The molecule has 0 saturated carbocycles. The number of carbonyl (C=O) groups excluding carboxylic acids is 1. The molecule has 0 aliphatic rings. The molecule has 78 valence electrons. The maximum absolute atomic E-state index is 10.6. The van der Waals surface area contributed by atoms with E-state index in [1.807, 2.05) is 0 Å². The number of rotatable bonds is 6. The fourth-order valence-corrected chi connectivity index (χ4v) is 0.601. The third kappa shape index (κ3) is 6.51. The minimum Gasteiger partial charge on any atom is -0.469 e. The Balaban J connectivity index is 3.30. The summed E-state index contributed by atoms with van der Waals surface area (Å²) in [4.78, 5) is 10.6. The molecule has 0 spiro atoms. The lowest BCUT2D eigenvalue weighted by molar-refractivity contribution is -0.142. The summed E-state index contributed by atoms with van der Waals surface area (Å²) >= 11 is 0. The van der Waals surface area contributed by atoms with Crippen molar-refractivity contribution >= 4 is 5.97 Å². The first-order chi connectivity index (χ1) is 6.07. The van der Waals surface area contributed by atoms with Gasteiger partial charge in [0.2, 0.25) is 0 Å². The highest BCUT2D eigenvalue weighted by molar-refractivity contribution is 5.69. The predicted octanol–water partition coefficient (Wildman–Crippen LogP) is -0.692. The molecule has 0 radical (unpaired) electrons. The van der Waals surface area contributed by atoms with Crippen molar-refractivity contribution in [2.24, 2.45) is 0 Å². The van der Waals surface area contributed by atoms with Crippen LogP contribution in [0.4, 0.5) is 0 Å². The Labute approximate surface area is 77.3 Å². The average Bonchev–Trinajstić information content (AvgIpc) is 2.11. The van der Waals surface area contributed by atoms with E-state index in [0.717, 1.165) is 0 Å². The summed E-state index contributed by atoms with van der Waals surface area (Å²) in [6, 6.07) is 0. The fourth-order valence-electron chi connectivity index (χ4n) is 0.601. The van der Waals surface area contributed by atoms with E-state index in [0.29, 0.717) is 0 Å². The van der Waals surface area contributed by atoms with Gasteiger partial charge in [-0.2, -0.15) is 0 Å². The molecule has 2 atom stereocenters. The minimum atomic E-state index is -0.905. The molecule has 0 heterocycles. The lowest BCUT2D eigenvalue weighted by Gasteiger charge is -2.13. The van der Waals surface area contributed by atoms with Crippen LogP contribution < -0.4 is 0 Å². The van der Waals surface area contributed by atoms with Crippen LogP contribution in [0.3, 0.4) is 0 Å². The second-order valence-electron chi connectivity index (χ2n) is 2.71. The number of aliphatic hydroxyl groups is 2. The lowest BCUT2D eigenvalue weighted by atomic mass is 10.2. The predicted molar refractivity (Wildman–Crippen MR) is 45.1 cm³/mol. The molecule has 0 rings (SSSR count). The van der Waals surface area contributed by atoms with Crippen molar-refractivity contribution in [2.45, 2.75) is 25.6 Å². The molecule has 0 fully saturated rings. The summed E-state index contributed by atoms with van der Waals surface area (Å²) < 4.78 is 9.29. The molecule has 2 N–H and O–H groups in total. The second kappa shape index (κ2) is 6.82. The van der Waals surface area contributed by atoms with Gasteiger partial charge in [0.1, 0.15) is 6.10 Å². The van der Waals surface area contributed by atoms with Crippen LogP contribution in [0.1, 0.15) is 13.3 Å². The molecule has 0 aliphatic heterocycles. The minimum absolute atomic E-state index is 0.0225. The van der Waals surface area contributed by atoms with Gasteiger partial charge in [0.05, 0.1) is 32.8 Å². The second-order valence-corrected chi connectivity index (χ2v) is 2.71. The van der Waals surface area contributed by atoms with Crippen molar-refractivity contribution in [3.8, 4) is 0 Å². The highest BCUT2D eigenvalue weighted by Gasteiger charge is 2.10. The molecule has 5 nitrogen and oxygen atoms in total. The number of aliphatic hydroxyl groups excluding tert-OH is 2. The molecule has 0 saturated heterocycles. The van der Waals surface area contributed by atoms with Crippen molar-refractivity contribution in [3.63, 3.8) is 0 Å². The van der Waals surface area contributed by atoms with Gasteiger partial charge in [0.15, 0.2) is 0 Å². The highest BCUT2D eigenvalue weighted by Crippen LogP contribution is 1.94. The molecule has 0 aromatic heterocycles. The number of methoxy groups -OCH3 is 1. The zero-order chi connectivity index (χ0) is 10.3. The monoisotopic (exact) mass is 192 g/mol. The van der Waals surface area contributed by atoms with Crippen LogP contribution in [-0.4, -0.2) is 48.7 Å². The van der Waals surface area contributed by atoms with Gasteiger partial charge in [-0.05, 0) is 6.92 Å². The van der Waals surface area contributed by atoms with Crippen molar-refractivity contribution in [3.05, 3.63) is 0 Å². The lowest BCUT2D eigenvalue weighted by Crippen LogP contribution is -2.28. The maximum atomic E-state index is 10.6. The number of hydrogen-bond acceptors (Lipinski definition) is 5. The van der Waals surface area contributed by atoms with Gasteiger partial charge in [0.25, 0.3) is 0 Å². The largest absolute Gasteiger partial charge is 0.469 e. The van der Waals surface area contributed by atoms with E-state index in [1.165, 1.54) is 14.0 Å². The third-order valence-electron chi connectivity index (χ3n) is 1.52. The van der Waals surface area contributed by atoms with E-state index >= 15 is 0 Å². The van der Waals surface area contributed by atoms with Gasteiger partial charge in [-0.1, -0.05) is 0 Å². The molecule has 0 aromatic carbocycles. The van der Waals surface area contributed by atoms with E-state index in [1.54, 1.807) is 0 Å². The zero-order valence-electron chi connectivity index (χ0n) is 7.90. The molecule has 5 heteroatoms. The van der Waals surface area contributed by atoms with E-state index in [4.69, 9.17) is 14.9 Å². The van der Waals surface area contributed by atoms with Crippen LogP contribution in [0.15, 0.2) is 0 Å². The van der Waals surface area contributed by atoms with Crippen LogP contribution in [0.5, 0.6) is 0 Å². The van der Waals surface area contributed by atoms with Crippen LogP contribution >= 0.6 is 0 Å². The first kappa shape index (κ1) is 12.3. The fraction of sp³-hybridized carbons (Fsp3) is 0.875. The molecule has 0 aromatic rings. The van der Waals surface area contributed by atoms with Gasteiger partial charge >= 0.3 is 5.97 Å². The molecule has 0 bridgehead atoms. The maximum Gasteiger partial charge on any atom is 0.307 e. The number of hydrogen-bond donors (Lipinski definition) is 2. The summed E-state index contributed by atoms with van der Waals surface area (Å²) in [7, 11) is 1.30. The summed E-state index contributed by atoms with van der Waals surface area (Å²) in [5.74, 6) is -0.355. The SMILES string of the molecule is COC(=O)CCOCC(O)[C@@H](C)O. The summed E-state index contributed by atoms with van der Waals surface area (Å²) in [5, 5.41) is 17.9. The Morgan fingerprint density at radius 1 is 1.46 bits per heavy atom. The summed E-state index contributed by atoms with van der Waals surface area (Å²) in [5.41, 5.74) is 0. The number of esters is 1. The molecule has 1 unspecified atom stereocenters. The first-order valence-corrected chi connectivity index (χ1v) is 4.08. The van der Waals surface area contributed by atoms with Crippen molar-refractivity contribution in [1.82, 2.24) is 0 Å². The first-order valence-electron chi connectivity index (χ1n) is 4.08. The highest BCUT2D eigenvalue weighted by atomic mass is 16.5. The van der Waals surface area contributed by atoms with Gasteiger partial charge in [0, 0.05) is 0 Å².